The Kier molecular flexibility index (Phi) is 7.14. The van der Waals surface area contributed by atoms with Crippen LogP contribution in [0.4, 0.5) is 5.00 Å². The summed E-state index contributed by atoms with van der Waals surface area (Å²) >= 11 is 1.24. The van der Waals surface area contributed by atoms with Gasteiger partial charge in [-0.1, -0.05) is 37.6 Å². The lowest BCUT2D eigenvalue weighted by atomic mass is 9.79. The number of nitrogens with one attached hydrogen (secondary N) is 1. The zero-order valence-electron chi connectivity index (χ0n) is 18.8. The molecule has 33 heavy (non-hydrogen) atoms. The molecule has 2 aliphatic heterocycles. The van der Waals surface area contributed by atoms with E-state index in [2.05, 4.69) is 24.4 Å². The maximum atomic E-state index is 13.1. The zero-order valence-corrected chi connectivity index (χ0v) is 19.7. The van der Waals surface area contributed by atoms with Crippen LogP contribution in [0.3, 0.4) is 0 Å². The number of aliphatic carboxylic acids is 1. The van der Waals surface area contributed by atoms with Gasteiger partial charge in [0.2, 0.25) is 5.91 Å². The second-order valence-corrected chi connectivity index (χ2v) is 9.42. The molecule has 2 saturated heterocycles. The van der Waals surface area contributed by atoms with E-state index in [0.717, 1.165) is 24.8 Å². The molecule has 0 spiro atoms. The average Bonchev–Trinajstić information content (AvgIpc) is 3.52. The Morgan fingerprint density at radius 1 is 1.12 bits per heavy atom. The highest BCUT2D eigenvalue weighted by Gasteiger charge is 2.55. The van der Waals surface area contributed by atoms with Crippen molar-refractivity contribution in [2.24, 2.45) is 11.8 Å². The van der Waals surface area contributed by atoms with Gasteiger partial charge in [0, 0.05) is 10.9 Å². The SMILES string of the molecule is CCCCc1ccc(-c2csc(NC(=O)[C@H]3[C@@H](C(=O)O)[C@H]4CC[C@@H]3O4)c2C(=O)OCC)cc1. The molecule has 2 aliphatic rings. The van der Waals surface area contributed by atoms with Crippen molar-refractivity contribution in [1.82, 2.24) is 0 Å². The highest BCUT2D eigenvalue weighted by Crippen LogP contribution is 2.45. The van der Waals surface area contributed by atoms with Crippen LogP contribution in [0, 0.1) is 11.8 Å². The number of thiophene rings is 1. The first kappa shape index (κ1) is 23.4. The topological polar surface area (TPSA) is 102 Å². The molecule has 3 heterocycles. The van der Waals surface area contributed by atoms with Crippen LogP contribution >= 0.6 is 11.3 Å². The molecule has 7 nitrogen and oxygen atoms in total. The van der Waals surface area contributed by atoms with E-state index in [4.69, 9.17) is 9.47 Å². The number of esters is 1. The van der Waals surface area contributed by atoms with E-state index in [1.165, 1.54) is 16.9 Å². The Hall–Kier alpha value is -2.71. The molecule has 4 atom stereocenters. The predicted molar refractivity (Wildman–Crippen MR) is 125 cm³/mol. The van der Waals surface area contributed by atoms with Gasteiger partial charge in [-0.25, -0.2) is 4.79 Å². The average molecular weight is 472 g/mol. The number of carboxylic acids is 1. The normalized spacial score (nSPS) is 23.5. The standard InChI is InChI=1S/C25H29NO6S/c1-3-5-6-14-7-9-15(10-8-14)16-13-33-23(19(16)25(30)31-4-2)26-22(27)20-17-11-12-18(32-17)21(20)24(28)29/h7-10,13,17-18,20-21H,3-6,11-12H2,1-2H3,(H,26,27)(H,28,29)/t17-,18+,20+,21-/m0/s1. The number of unbranched alkanes of at least 4 members (excludes halogenated alkanes) is 1. The smallest absolute Gasteiger partial charge is 0.341 e. The van der Waals surface area contributed by atoms with Crippen LogP contribution < -0.4 is 5.32 Å². The number of hydrogen-bond donors (Lipinski definition) is 2. The van der Waals surface area contributed by atoms with Crippen LogP contribution in [-0.4, -0.2) is 41.8 Å². The monoisotopic (exact) mass is 471 g/mol. The van der Waals surface area contributed by atoms with Gasteiger partial charge in [0.1, 0.15) is 10.6 Å². The van der Waals surface area contributed by atoms with Crippen LogP contribution in [0.2, 0.25) is 0 Å². The third-order valence-electron chi connectivity index (χ3n) is 6.45. The Labute approximate surface area is 197 Å². The zero-order chi connectivity index (χ0) is 23.5. The third kappa shape index (κ3) is 4.68. The first-order valence-corrected chi connectivity index (χ1v) is 12.4. The largest absolute Gasteiger partial charge is 0.481 e. The van der Waals surface area contributed by atoms with Crippen molar-refractivity contribution in [3.8, 4) is 11.1 Å². The third-order valence-corrected chi connectivity index (χ3v) is 7.35. The Morgan fingerprint density at radius 2 is 1.82 bits per heavy atom. The van der Waals surface area contributed by atoms with Gasteiger partial charge < -0.3 is 19.9 Å². The van der Waals surface area contributed by atoms with Gasteiger partial charge in [0.05, 0.1) is 30.7 Å². The fraction of sp³-hybridized carbons (Fsp3) is 0.480. The van der Waals surface area contributed by atoms with Crippen LogP contribution in [0.5, 0.6) is 0 Å². The van der Waals surface area contributed by atoms with E-state index in [9.17, 15) is 19.5 Å². The van der Waals surface area contributed by atoms with E-state index >= 15 is 0 Å². The lowest BCUT2D eigenvalue weighted by Crippen LogP contribution is -2.41. The molecule has 0 unspecified atom stereocenters. The number of aryl methyl sites for hydroxylation is 1. The maximum absolute atomic E-state index is 13.1. The summed E-state index contributed by atoms with van der Waals surface area (Å²) in [6.45, 7) is 4.09. The summed E-state index contributed by atoms with van der Waals surface area (Å²) < 4.78 is 11.0. The number of carbonyl (C=O) groups is 3. The Bertz CT molecular complexity index is 1030. The quantitative estimate of drug-likeness (QED) is 0.512. The number of carbonyl (C=O) groups excluding carboxylic acids is 2. The summed E-state index contributed by atoms with van der Waals surface area (Å²) in [6.07, 6.45) is 3.72. The molecule has 2 bridgehead atoms. The van der Waals surface area contributed by atoms with Gasteiger partial charge in [-0.05, 0) is 43.7 Å². The minimum Gasteiger partial charge on any atom is -0.481 e. The molecular weight excluding hydrogens is 442 g/mol. The van der Waals surface area contributed by atoms with Gasteiger partial charge in [0.25, 0.3) is 0 Å². The molecule has 4 rings (SSSR count). The second kappa shape index (κ2) is 10.1. The van der Waals surface area contributed by atoms with Crippen molar-refractivity contribution in [2.75, 3.05) is 11.9 Å². The highest BCUT2D eigenvalue weighted by atomic mass is 32.1. The molecular formula is C25H29NO6S. The number of anilines is 1. The van der Waals surface area contributed by atoms with Crippen molar-refractivity contribution in [1.29, 1.82) is 0 Å². The molecule has 176 valence electrons. The minimum atomic E-state index is -1.03. The lowest BCUT2D eigenvalue weighted by Gasteiger charge is -2.23. The highest BCUT2D eigenvalue weighted by molar-refractivity contribution is 7.15. The van der Waals surface area contributed by atoms with Gasteiger partial charge in [-0.2, -0.15) is 0 Å². The van der Waals surface area contributed by atoms with Crippen molar-refractivity contribution in [3.05, 3.63) is 40.8 Å². The first-order valence-electron chi connectivity index (χ1n) is 11.5. The van der Waals surface area contributed by atoms with Gasteiger partial charge in [-0.15, -0.1) is 11.3 Å². The molecule has 8 heteroatoms. The summed E-state index contributed by atoms with van der Waals surface area (Å²) in [5.41, 5.74) is 3.09. The van der Waals surface area contributed by atoms with Crippen molar-refractivity contribution < 1.29 is 29.0 Å². The molecule has 0 radical (unpaired) electrons. The summed E-state index contributed by atoms with van der Waals surface area (Å²) in [7, 11) is 0. The Morgan fingerprint density at radius 3 is 2.45 bits per heavy atom. The molecule has 0 saturated carbocycles. The fourth-order valence-corrected chi connectivity index (χ4v) is 5.78. The second-order valence-electron chi connectivity index (χ2n) is 8.54. The molecule has 2 N–H and O–H groups in total. The lowest BCUT2D eigenvalue weighted by molar-refractivity contribution is -0.147. The van der Waals surface area contributed by atoms with Gasteiger partial charge >= 0.3 is 11.9 Å². The maximum Gasteiger partial charge on any atom is 0.341 e. The van der Waals surface area contributed by atoms with Crippen molar-refractivity contribution in [3.63, 3.8) is 0 Å². The predicted octanol–water partition coefficient (Wildman–Crippen LogP) is 4.75. The molecule has 1 aromatic carbocycles. The Balaban J connectivity index is 1.61. The molecule has 1 amide bonds. The summed E-state index contributed by atoms with van der Waals surface area (Å²) in [4.78, 5) is 37.8. The van der Waals surface area contributed by atoms with Crippen LogP contribution in [-0.2, 0) is 25.5 Å². The van der Waals surface area contributed by atoms with Crippen LogP contribution in [0.1, 0.15) is 55.5 Å². The molecule has 0 aliphatic carbocycles. The molecule has 1 aromatic heterocycles. The van der Waals surface area contributed by atoms with Crippen molar-refractivity contribution >= 4 is 34.2 Å². The number of rotatable bonds is 9. The number of amides is 1. The number of benzene rings is 1. The summed E-state index contributed by atoms with van der Waals surface area (Å²) in [5.74, 6) is -3.62. The van der Waals surface area contributed by atoms with Gasteiger partial charge in [-0.3, -0.25) is 9.59 Å². The van der Waals surface area contributed by atoms with E-state index < -0.39 is 41.9 Å². The van der Waals surface area contributed by atoms with E-state index in [1.807, 2.05) is 17.5 Å². The molecule has 2 aromatic rings. The van der Waals surface area contributed by atoms with Crippen molar-refractivity contribution in [2.45, 2.75) is 58.2 Å². The summed E-state index contributed by atoms with van der Waals surface area (Å²) in [6, 6.07) is 8.07. The van der Waals surface area contributed by atoms with Crippen LogP contribution in [0.25, 0.3) is 11.1 Å². The minimum absolute atomic E-state index is 0.207. The molecule has 2 fully saturated rings. The number of hydrogen-bond acceptors (Lipinski definition) is 6. The van der Waals surface area contributed by atoms with Crippen LogP contribution in [0.15, 0.2) is 29.6 Å². The van der Waals surface area contributed by atoms with E-state index in [0.29, 0.717) is 29.0 Å². The first-order chi connectivity index (χ1) is 15.9. The number of carboxylic acid groups (broad SMARTS) is 1. The van der Waals surface area contributed by atoms with E-state index in [1.54, 1.807) is 6.92 Å². The fourth-order valence-electron chi connectivity index (χ4n) is 4.82. The van der Waals surface area contributed by atoms with E-state index in [-0.39, 0.29) is 6.61 Å². The number of fused-ring (bicyclic) bond motifs is 2. The number of ether oxygens (including phenoxy) is 2. The summed E-state index contributed by atoms with van der Waals surface area (Å²) in [5, 5.41) is 14.7. The van der Waals surface area contributed by atoms with Gasteiger partial charge in [0.15, 0.2) is 0 Å².